The van der Waals surface area contributed by atoms with E-state index in [4.69, 9.17) is 10.2 Å². The van der Waals surface area contributed by atoms with E-state index in [0.29, 0.717) is 5.75 Å². The van der Waals surface area contributed by atoms with Gasteiger partial charge in [0.2, 0.25) is 5.91 Å². The van der Waals surface area contributed by atoms with Gasteiger partial charge in [0.1, 0.15) is 6.04 Å². The third-order valence-corrected chi connectivity index (χ3v) is 3.40. The first-order valence-corrected chi connectivity index (χ1v) is 6.94. The molecule has 0 spiro atoms. The van der Waals surface area contributed by atoms with Crippen LogP contribution in [0.1, 0.15) is 11.1 Å². The monoisotopic (exact) mass is 283 g/mol. The maximum atomic E-state index is 11.5. The van der Waals surface area contributed by atoms with Crippen LogP contribution in [0.5, 0.6) is 0 Å². The Morgan fingerprint density at radius 2 is 2.16 bits per heavy atom. The minimum absolute atomic E-state index is 0.164. The number of thioether (sulfide) groups is 1. The first-order valence-electron chi connectivity index (χ1n) is 5.79. The number of benzene rings is 1. The molecular formula is C13H17NO4S. The number of aliphatic carboxylic acids is 1. The molecule has 1 rings (SSSR count). The summed E-state index contributed by atoms with van der Waals surface area (Å²) in [6, 6.07) is 6.74. The fourth-order valence-corrected chi connectivity index (χ4v) is 2.27. The van der Waals surface area contributed by atoms with Crippen LogP contribution in [0.25, 0.3) is 0 Å². The predicted octanol–water partition coefficient (Wildman–Crippen LogP) is 0.790. The average molecular weight is 283 g/mol. The van der Waals surface area contributed by atoms with Gasteiger partial charge in [0, 0.05) is 5.75 Å². The summed E-state index contributed by atoms with van der Waals surface area (Å²) in [4.78, 5) is 22.1. The van der Waals surface area contributed by atoms with Crippen molar-refractivity contribution in [3.05, 3.63) is 35.4 Å². The Kier molecular flexibility index (Phi) is 6.38. The van der Waals surface area contributed by atoms with Crippen LogP contribution < -0.4 is 5.32 Å². The second-order valence-electron chi connectivity index (χ2n) is 4.12. The highest BCUT2D eigenvalue weighted by Gasteiger charge is 2.18. The van der Waals surface area contributed by atoms with Gasteiger partial charge in [0.25, 0.3) is 0 Å². The van der Waals surface area contributed by atoms with Crippen molar-refractivity contribution in [1.82, 2.24) is 5.32 Å². The van der Waals surface area contributed by atoms with Gasteiger partial charge in [-0.05, 0) is 12.5 Å². The van der Waals surface area contributed by atoms with E-state index in [1.807, 2.05) is 31.2 Å². The highest BCUT2D eigenvalue weighted by molar-refractivity contribution is 7.99. The van der Waals surface area contributed by atoms with E-state index in [9.17, 15) is 9.59 Å². The van der Waals surface area contributed by atoms with Gasteiger partial charge in [-0.3, -0.25) is 4.79 Å². The molecule has 19 heavy (non-hydrogen) atoms. The quantitative estimate of drug-likeness (QED) is 0.689. The largest absolute Gasteiger partial charge is 0.480 e. The molecule has 0 fully saturated rings. The lowest BCUT2D eigenvalue weighted by molar-refractivity contribution is -0.142. The van der Waals surface area contributed by atoms with Crippen LogP contribution in [0, 0.1) is 6.92 Å². The number of aliphatic hydroxyl groups is 1. The number of aryl methyl sites for hydroxylation is 1. The zero-order valence-electron chi connectivity index (χ0n) is 10.6. The molecule has 0 aromatic heterocycles. The Morgan fingerprint density at radius 1 is 1.42 bits per heavy atom. The Hall–Kier alpha value is -1.53. The Balaban J connectivity index is 2.33. The van der Waals surface area contributed by atoms with Crippen LogP contribution >= 0.6 is 11.8 Å². The van der Waals surface area contributed by atoms with Crippen LogP contribution in [0.3, 0.4) is 0 Å². The predicted molar refractivity (Wildman–Crippen MR) is 74.0 cm³/mol. The van der Waals surface area contributed by atoms with Crippen molar-refractivity contribution in [3.63, 3.8) is 0 Å². The highest BCUT2D eigenvalue weighted by Crippen LogP contribution is 2.13. The number of hydrogen-bond acceptors (Lipinski definition) is 4. The van der Waals surface area contributed by atoms with Gasteiger partial charge in [-0.15, -0.1) is 11.8 Å². The summed E-state index contributed by atoms with van der Waals surface area (Å²) in [5.74, 6) is -0.775. The molecule has 0 aliphatic heterocycles. The third-order valence-electron chi connectivity index (χ3n) is 2.40. The Labute approximate surface area is 116 Å². The lowest BCUT2D eigenvalue weighted by Crippen LogP contribution is -2.44. The summed E-state index contributed by atoms with van der Waals surface area (Å²) in [6.45, 7) is 1.39. The van der Waals surface area contributed by atoms with Crippen molar-refractivity contribution in [2.45, 2.75) is 18.7 Å². The van der Waals surface area contributed by atoms with Crippen molar-refractivity contribution in [1.29, 1.82) is 0 Å². The molecular weight excluding hydrogens is 266 g/mol. The molecule has 1 amide bonds. The van der Waals surface area contributed by atoms with E-state index >= 15 is 0 Å². The fraction of sp³-hybridized carbons (Fsp3) is 0.385. The number of aliphatic hydroxyl groups excluding tert-OH is 1. The Bertz CT molecular complexity index is 450. The minimum Gasteiger partial charge on any atom is -0.480 e. The number of carbonyl (C=O) groups excluding carboxylic acids is 1. The maximum absolute atomic E-state index is 11.5. The van der Waals surface area contributed by atoms with E-state index in [1.165, 1.54) is 11.8 Å². The molecule has 0 saturated carbocycles. The molecule has 1 aromatic carbocycles. The number of carboxylic acids is 1. The summed E-state index contributed by atoms with van der Waals surface area (Å²) in [7, 11) is 0. The molecule has 104 valence electrons. The molecule has 0 saturated heterocycles. The topological polar surface area (TPSA) is 86.6 Å². The molecule has 0 unspecified atom stereocenters. The lowest BCUT2D eigenvalue weighted by Gasteiger charge is -2.11. The SMILES string of the molecule is Cc1cccc(CSCC(=O)N[C@H](CO)C(=O)O)c1. The number of amides is 1. The molecule has 0 bridgehead atoms. The zero-order chi connectivity index (χ0) is 14.3. The van der Waals surface area contributed by atoms with Gasteiger partial charge in [-0.2, -0.15) is 0 Å². The Morgan fingerprint density at radius 3 is 2.74 bits per heavy atom. The summed E-state index contributed by atoms with van der Waals surface area (Å²) in [5.41, 5.74) is 2.28. The normalized spacial score (nSPS) is 11.9. The van der Waals surface area contributed by atoms with Crippen molar-refractivity contribution in [3.8, 4) is 0 Å². The zero-order valence-corrected chi connectivity index (χ0v) is 11.4. The van der Waals surface area contributed by atoms with E-state index in [-0.39, 0.29) is 11.7 Å². The van der Waals surface area contributed by atoms with Crippen LogP contribution in [0.15, 0.2) is 24.3 Å². The van der Waals surface area contributed by atoms with Gasteiger partial charge >= 0.3 is 5.97 Å². The molecule has 0 aliphatic rings. The first-order chi connectivity index (χ1) is 9.02. The number of carboxylic acid groups (broad SMARTS) is 1. The van der Waals surface area contributed by atoms with E-state index < -0.39 is 18.6 Å². The van der Waals surface area contributed by atoms with Crippen molar-refractivity contribution >= 4 is 23.6 Å². The first kappa shape index (κ1) is 15.5. The van der Waals surface area contributed by atoms with Gasteiger partial charge < -0.3 is 15.5 Å². The summed E-state index contributed by atoms with van der Waals surface area (Å²) < 4.78 is 0. The highest BCUT2D eigenvalue weighted by atomic mass is 32.2. The fourth-order valence-electron chi connectivity index (χ4n) is 1.48. The van der Waals surface area contributed by atoms with Crippen LogP contribution in [-0.2, 0) is 15.3 Å². The molecule has 6 heteroatoms. The van der Waals surface area contributed by atoms with Crippen LogP contribution in [0.4, 0.5) is 0 Å². The molecule has 5 nitrogen and oxygen atoms in total. The van der Waals surface area contributed by atoms with Crippen LogP contribution in [-0.4, -0.2) is 40.5 Å². The van der Waals surface area contributed by atoms with Gasteiger partial charge in [0.05, 0.1) is 12.4 Å². The number of nitrogens with one attached hydrogen (secondary N) is 1. The van der Waals surface area contributed by atoms with Crippen LogP contribution in [0.2, 0.25) is 0 Å². The average Bonchev–Trinajstić information content (AvgIpc) is 2.35. The lowest BCUT2D eigenvalue weighted by atomic mass is 10.2. The van der Waals surface area contributed by atoms with Gasteiger partial charge in [-0.25, -0.2) is 4.79 Å². The number of hydrogen-bond donors (Lipinski definition) is 3. The van der Waals surface area contributed by atoms with Crippen molar-refractivity contribution < 1.29 is 19.8 Å². The summed E-state index contributed by atoms with van der Waals surface area (Å²) >= 11 is 1.40. The molecule has 0 radical (unpaired) electrons. The smallest absolute Gasteiger partial charge is 0.328 e. The minimum atomic E-state index is -1.24. The second-order valence-corrected chi connectivity index (χ2v) is 5.11. The van der Waals surface area contributed by atoms with E-state index in [0.717, 1.165) is 11.1 Å². The number of rotatable bonds is 7. The van der Waals surface area contributed by atoms with E-state index in [2.05, 4.69) is 5.32 Å². The van der Waals surface area contributed by atoms with Crippen molar-refractivity contribution in [2.75, 3.05) is 12.4 Å². The van der Waals surface area contributed by atoms with E-state index in [1.54, 1.807) is 0 Å². The van der Waals surface area contributed by atoms with Gasteiger partial charge in [-0.1, -0.05) is 29.8 Å². The maximum Gasteiger partial charge on any atom is 0.328 e. The van der Waals surface area contributed by atoms with Crippen molar-refractivity contribution in [2.24, 2.45) is 0 Å². The number of carbonyl (C=O) groups is 2. The standard InChI is InChI=1S/C13H17NO4S/c1-9-3-2-4-10(5-9)7-19-8-12(16)14-11(6-15)13(17)18/h2-5,11,15H,6-8H2,1H3,(H,14,16)(H,17,18)/t11-/m1/s1. The summed E-state index contributed by atoms with van der Waals surface area (Å²) in [5, 5.41) is 19.7. The molecule has 0 aliphatic carbocycles. The second kappa shape index (κ2) is 7.81. The molecule has 3 N–H and O–H groups in total. The van der Waals surface area contributed by atoms with Gasteiger partial charge in [0.15, 0.2) is 0 Å². The molecule has 0 heterocycles. The third kappa shape index (κ3) is 5.76. The molecule has 1 atom stereocenters. The molecule has 1 aromatic rings. The summed E-state index contributed by atoms with van der Waals surface area (Å²) in [6.07, 6.45) is 0.